The Morgan fingerprint density at radius 1 is 1.05 bits per heavy atom. The highest BCUT2D eigenvalue weighted by Gasteiger charge is 2.03. The highest BCUT2D eigenvalue weighted by molar-refractivity contribution is 5.14. The molecule has 0 radical (unpaired) electrons. The summed E-state index contributed by atoms with van der Waals surface area (Å²) in [5.41, 5.74) is 1.23. The summed E-state index contributed by atoms with van der Waals surface area (Å²) < 4.78 is 5.51. The molecule has 0 aliphatic rings. The normalized spacial score (nSPS) is 12.5. The quantitative estimate of drug-likeness (QED) is 0.547. The maximum atomic E-state index is 9.81. The van der Waals surface area contributed by atoms with E-state index in [1.54, 1.807) is 0 Å². The number of ether oxygens (including phenoxy) is 1. The molecule has 0 fully saturated rings. The summed E-state index contributed by atoms with van der Waals surface area (Å²) in [5, 5.41) is 13.1. The molecule has 0 saturated carbocycles. The Labute approximate surface area is 129 Å². The van der Waals surface area contributed by atoms with Crippen LogP contribution in [0.1, 0.15) is 51.0 Å². The van der Waals surface area contributed by atoms with Crippen LogP contribution in [0.25, 0.3) is 0 Å². The summed E-state index contributed by atoms with van der Waals surface area (Å²) in [5.74, 6) is 0. The van der Waals surface area contributed by atoms with Crippen molar-refractivity contribution in [1.82, 2.24) is 5.32 Å². The van der Waals surface area contributed by atoms with E-state index in [4.69, 9.17) is 4.74 Å². The van der Waals surface area contributed by atoms with Crippen LogP contribution in [-0.2, 0) is 11.3 Å². The molecule has 1 rings (SSSR count). The van der Waals surface area contributed by atoms with Crippen LogP contribution < -0.4 is 5.32 Å². The van der Waals surface area contributed by atoms with E-state index in [9.17, 15) is 5.11 Å². The Bertz CT molecular complexity index is 329. The minimum absolute atomic E-state index is 0.422. The molecule has 0 saturated heterocycles. The van der Waals surface area contributed by atoms with E-state index in [1.165, 1.54) is 37.7 Å². The van der Waals surface area contributed by atoms with Crippen LogP contribution in [0.15, 0.2) is 30.3 Å². The molecule has 0 heterocycles. The van der Waals surface area contributed by atoms with Crippen LogP contribution in [0, 0.1) is 0 Å². The second-order valence-electron chi connectivity index (χ2n) is 5.61. The van der Waals surface area contributed by atoms with Gasteiger partial charge in [-0.05, 0) is 12.0 Å². The zero-order chi connectivity index (χ0) is 15.2. The van der Waals surface area contributed by atoms with Crippen molar-refractivity contribution < 1.29 is 9.84 Å². The van der Waals surface area contributed by atoms with Crippen molar-refractivity contribution in [3.05, 3.63) is 35.9 Å². The van der Waals surface area contributed by atoms with Gasteiger partial charge in [-0.3, -0.25) is 0 Å². The lowest BCUT2D eigenvalue weighted by atomic mass is 10.1. The third kappa shape index (κ3) is 10.5. The number of hydrogen-bond donors (Lipinski definition) is 2. The summed E-state index contributed by atoms with van der Waals surface area (Å²) in [6, 6.07) is 10.2. The smallest absolute Gasteiger partial charge is 0.0897 e. The topological polar surface area (TPSA) is 41.5 Å². The number of nitrogens with one attached hydrogen (secondary N) is 1. The number of unbranched alkanes of at least 4 members (excludes halogenated alkanes) is 5. The lowest BCUT2D eigenvalue weighted by Gasteiger charge is -2.12. The maximum Gasteiger partial charge on any atom is 0.0897 e. The largest absolute Gasteiger partial charge is 0.389 e. The van der Waals surface area contributed by atoms with Gasteiger partial charge >= 0.3 is 0 Å². The fourth-order valence-corrected chi connectivity index (χ4v) is 2.24. The molecule has 0 aromatic heterocycles. The summed E-state index contributed by atoms with van der Waals surface area (Å²) in [6.45, 7) is 4.79. The van der Waals surface area contributed by atoms with Gasteiger partial charge in [0.2, 0.25) is 0 Å². The van der Waals surface area contributed by atoms with Crippen LogP contribution >= 0.6 is 0 Å². The monoisotopic (exact) mass is 293 g/mol. The Balaban J connectivity index is 1.88. The zero-order valence-corrected chi connectivity index (χ0v) is 13.4. The Kier molecular flexibility index (Phi) is 11.1. The van der Waals surface area contributed by atoms with Gasteiger partial charge in [-0.25, -0.2) is 0 Å². The highest BCUT2D eigenvalue weighted by Crippen LogP contribution is 2.05. The van der Waals surface area contributed by atoms with Crippen molar-refractivity contribution in [3.63, 3.8) is 0 Å². The molecule has 1 unspecified atom stereocenters. The van der Waals surface area contributed by atoms with Crippen molar-refractivity contribution in [2.24, 2.45) is 0 Å². The van der Waals surface area contributed by atoms with E-state index in [0.29, 0.717) is 13.2 Å². The number of hydrogen-bond acceptors (Lipinski definition) is 3. The van der Waals surface area contributed by atoms with Crippen LogP contribution in [0.2, 0.25) is 0 Å². The van der Waals surface area contributed by atoms with Gasteiger partial charge in [0.15, 0.2) is 0 Å². The summed E-state index contributed by atoms with van der Waals surface area (Å²) in [6.07, 6.45) is 7.19. The van der Waals surface area contributed by atoms with Gasteiger partial charge in [-0.15, -0.1) is 0 Å². The Morgan fingerprint density at radius 2 is 1.76 bits per heavy atom. The fourth-order valence-electron chi connectivity index (χ4n) is 2.24. The van der Waals surface area contributed by atoms with Gasteiger partial charge in [0.25, 0.3) is 0 Å². The molecule has 0 amide bonds. The number of aliphatic hydroxyl groups excluding tert-OH is 1. The lowest BCUT2D eigenvalue weighted by Crippen LogP contribution is -2.30. The van der Waals surface area contributed by atoms with Crippen molar-refractivity contribution in [3.8, 4) is 0 Å². The average molecular weight is 293 g/mol. The minimum atomic E-state index is -0.422. The molecule has 120 valence electrons. The molecule has 0 aliphatic carbocycles. The number of rotatable bonds is 13. The number of aliphatic hydroxyl groups is 1. The molecule has 0 aliphatic heterocycles. The first-order chi connectivity index (χ1) is 10.3. The summed E-state index contributed by atoms with van der Waals surface area (Å²) in [7, 11) is 0. The van der Waals surface area contributed by atoms with Crippen LogP contribution in [0.3, 0.4) is 0 Å². The molecule has 2 N–H and O–H groups in total. The molecule has 21 heavy (non-hydrogen) atoms. The van der Waals surface area contributed by atoms with Gasteiger partial charge in [0.1, 0.15) is 0 Å². The van der Waals surface area contributed by atoms with E-state index >= 15 is 0 Å². The third-order valence-corrected chi connectivity index (χ3v) is 3.50. The molecule has 3 heteroatoms. The molecule has 1 atom stereocenters. The molecular weight excluding hydrogens is 262 g/mol. The Morgan fingerprint density at radius 3 is 2.52 bits per heavy atom. The predicted molar refractivity (Wildman–Crippen MR) is 88.4 cm³/mol. The zero-order valence-electron chi connectivity index (χ0n) is 13.4. The molecule has 0 bridgehead atoms. The molecular formula is C18H31NO2. The maximum absolute atomic E-state index is 9.81. The van der Waals surface area contributed by atoms with E-state index in [0.717, 1.165) is 19.6 Å². The first-order valence-corrected chi connectivity index (χ1v) is 8.33. The second kappa shape index (κ2) is 12.8. The summed E-state index contributed by atoms with van der Waals surface area (Å²) >= 11 is 0. The average Bonchev–Trinajstić information content (AvgIpc) is 2.51. The molecule has 1 aromatic rings. The van der Waals surface area contributed by atoms with Crippen molar-refractivity contribution in [2.75, 3.05) is 19.8 Å². The Hall–Kier alpha value is -0.900. The van der Waals surface area contributed by atoms with Crippen LogP contribution in [0.5, 0.6) is 0 Å². The lowest BCUT2D eigenvalue weighted by molar-refractivity contribution is 0.0353. The van der Waals surface area contributed by atoms with Gasteiger partial charge in [0, 0.05) is 19.7 Å². The first-order valence-electron chi connectivity index (χ1n) is 8.33. The SMILES string of the molecule is CCCCCCCCOCC(O)CNCc1ccccc1. The van der Waals surface area contributed by atoms with Crippen LogP contribution in [0.4, 0.5) is 0 Å². The van der Waals surface area contributed by atoms with Crippen molar-refractivity contribution >= 4 is 0 Å². The second-order valence-corrected chi connectivity index (χ2v) is 5.61. The van der Waals surface area contributed by atoms with Crippen molar-refractivity contribution in [1.29, 1.82) is 0 Å². The fraction of sp³-hybridized carbons (Fsp3) is 0.667. The van der Waals surface area contributed by atoms with E-state index < -0.39 is 6.10 Å². The van der Waals surface area contributed by atoms with E-state index in [-0.39, 0.29) is 0 Å². The van der Waals surface area contributed by atoms with Crippen LogP contribution in [-0.4, -0.2) is 31.0 Å². The van der Waals surface area contributed by atoms with E-state index in [1.807, 2.05) is 18.2 Å². The van der Waals surface area contributed by atoms with E-state index in [2.05, 4.69) is 24.4 Å². The van der Waals surface area contributed by atoms with Gasteiger partial charge < -0.3 is 15.2 Å². The third-order valence-electron chi connectivity index (χ3n) is 3.50. The van der Waals surface area contributed by atoms with Crippen molar-refractivity contribution in [2.45, 2.75) is 58.1 Å². The summed E-state index contributed by atoms with van der Waals surface area (Å²) in [4.78, 5) is 0. The van der Waals surface area contributed by atoms with Gasteiger partial charge in [-0.2, -0.15) is 0 Å². The van der Waals surface area contributed by atoms with Gasteiger partial charge in [0.05, 0.1) is 12.7 Å². The standard InChI is InChI=1S/C18H31NO2/c1-2-3-4-5-6-10-13-21-16-18(20)15-19-14-17-11-8-7-9-12-17/h7-9,11-12,18-20H,2-6,10,13-16H2,1H3. The molecule has 3 nitrogen and oxygen atoms in total. The van der Waals surface area contributed by atoms with Gasteiger partial charge in [-0.1, -0.05) is 69.4 Å². The molecule has 1 aromatic carbocycles. The molecule has 0 spiro atoms. The first kappa shape index (κ1) is 18.1. The number of benzene rings is 1. The predicted octanol–water partition coefficient (Wildman–Crippen LogP) is 3.51. The minimum Gasteiger partial charge on any atom is -0.389 e. The highest BCUT2D eigenvalue weighted by atomic mass is 16.5.